The van der Waals surface area contributed by atoms with Crippen LogP contribution < -0.4 is 16.4 Å². The summed E-state index contributed by atoms with van der Waals surface area (Å²) in [6.45, 7) is 5.84. The van der Waals surface area contributed by atoms with Crippen molar-refractivity contribution < 1.29 is 4.74 Å². The van der Waals surface area contributed by atoms with Gasteiger partial charge in [-0.2, -0.15) is 0 Å². The van der Waals surface area contributed by atoms with E-state index in [9.17, 15) is 0 Å². The van der Waals surface area contributed by atoms with Gasteiger partial charge in [0.25, 0.3) is 0 Å². The van der Waals surface area contributed by atoms with Crippen LogP contribution in [0.1, 0.15) is 45.1 Å². The average molecular weight is 367 g/mol. The number of aromatic nitrogens is 2. The first-order valence-electron chi connectivity index (χ1n) is 10.1. The Balaban J connectivity index is 1.38. The van der Waals surface area contributed by atoms with Gasteiger partial charge in [0.2, 0.25) is 5.95 Å². The largest absolute Gasteiger partial charge is 0.372 e. The summed E-state index contributed by atoms with van der Waals surface area (Å²) in [7, 11) is 0. The number of nitrogens with two attached hydrogens (primary N) is 2. The number of anilines is 1. The molecule has 6 heteroatoms. The Kier molecular flexibility index (Phi) is 3.77. The fourth-order valence-corrected chi connectivity index (χ4v) is 5.66. The minimum Gasteiger partial charge on any atom is -0.372 e. The molecule has 1 aromatic heterocycles. The van der Waals surface area contributed by atoms with Crippen LogP contribution in [0, 0.1) is 5.41 Å². The molecule has 144 valence electrons. The summed E-state index contributed by atoms with van der Waals surface area (Å²) in [6.07, 6.45) is 6.66. The summed E-state index contributed by atoms with van der Waals surface area (Å²) in [4.78, 5) is 11.7. The molecule has 3 aliphatic rings. The maximum Gasteiger partial charge on any atom is 0.226 e. The van der Waals surface area contributed by atoms with Gasteiger partial charge in [-0.15, -0.1) is 0 Å². The first kappa shape index (κ1) is 17.3. The Morgan fingerprint density at radius 1 is 1.15 bits per heavy atom. The third-order valence-electron chi connectivity index (χ3n) is 6.62. The number of ether oxygens (including phenoxy) is 1. The lowest BCUT2D eigenvalue weighted by molar-refractivity contribution is -0.0589. The molecular formula is C21H29N5O. The summed E-state index contributed by atoms with van der Waals surface area (Å²) in [5.74, 6) is 0.783. The molecule has 1 aliphatic heterocycles. The van der Waals surface area contributed by atoms with E-state index in [0.29, 0.717) is 11.5 Å². The topological polar surface area (TPSA) is 90.3 Å². The van der Waals surface area contributed by atoms with Crippen LogP contribution in [0.4, 0.5) is 5.95 Å². The van der Waals surface area contributed by atoms with Gasteiger partial charge in [-0.1, -0.05) is 6.07 Å². The minimum absolute atomic E-state index is 0.193. The van der Waals surface area contributed by atoms with E-state index in [2.05, 4.69) is 41.9 Å². The van der Waals surface area contributed by atoms with Gasteiger partial charge in [0, 0.05) is 36.3 Å². The zero-order valence-electron chi connectivity index (χ0n) is 16.2. The van der Waals surface area contributed by atoms with Crippen molar-refractivity contribution in [2.24, 2.45) is 16.9 Å². The summed E-state index contributed by atoms with van der Waals surface area (Å²) in [5.41, 5.74) is 15.1. The van der Waals surface area contributed by atoms with Crippen molar-refractivity contribution in [2.75, 3.05) is 18.0 Å². The van der Waals surface area contributed by atoms with E-state index in [4.69, 9.17) is 21.2 Å². The second-order valence-corrected chi connectivity index (χ2v) is 9.28. The number of nitrogens with zero attached hydrogens (tertiary/aromatic N) is 3. The molecule has 2 atom stereocenters. The van der Waals surface area contributed by atoms with Gasteiger partial charge in [-0.05, 0) is 62.6 Å². The number of rotatable bonds is 2. The van der Waals surface area contributed by atoms with E-state index in [1.165, 1.54) is 5.56 Å². The SMILES string of the molecule is CC1CN(c2ncc3cc(C4(N)CC5(CC(N)C5)C4)ccc3n2)CC(C)O1. The number of benzene rings is 1. The Bertz CT molecular complexity index is 860. The molecule has 2 heterocycles. The van der Waals surface area contributed by atoms with Gasteiger partial charge >= 0.3 is 0 Å². The van der Waals surface area contributed by atoms with Crippen molar-refractivity contribution in [1.82, 2.24) is 9.97 Å². The molecule has 5 rings (SSSR count). The second kappa shape index (κ2) is 5.87. The van der Waals surface area contributed by atoms with E-state index < -0.39 is 0 Å². The minimum atomic E-state index is -0.220. The van der Waals surface area contributed by atoms with Crippen LogP contribution in [0.2, 0.25) is 0 Å². The van der Waals surface area contributed by atoms with Crippen molar-refractivity contribution in [2.45, 2.75) is 63.3 Å². The van der Waals surface area contributed by atoms with Crippen molar-refractivity contribution in [1.29, 1.82) is 0 Å². The third kappa shape index (κ3) is 2.91. The summed E-state index contributed by atoms with van der Waals surface area (Å²) in [6, 6.07) is 6.79. The van der Waals surface area contributed by atoms with E-state index in [0.717, 1.165) is 55.6 Å². The van der Waals surface area contributed by atoms with Crippen LogP contribution in [-0.4, -0.2) is 41.3 Å². The molecule has 1 saturated heterocycles. The summed E-state index contributed by atoms with van der Waals surface area (Å²) < 4.78 is 5.82. The molecule has 2 aromatic rings. The van der Waals surface area contributed by atoms with Crippen LogP contribution in [0.25, 0.3) is 10.9 Å². The predicted molar refractivity (Wildman–Crippen MR) is 107 cm³/mol. The van der Waals surface area contributed by atoms with Crippen molar-refractivity contribution in [3.05, 3.63) is 30.0 Å². The van der Waals surface area contributed by atoms with E-state index in [1.807, 2.05) is 6.20 Å². The van der Waals surface area contributed by atoms with Gasteiger partial charge in [-0.3, -0.25) is 0 Å². The Hall–Kier alpha value is -1.76. The lowest BCUT2D eigenvalue weighted by Gasteiger charge is -2.62. The Morgan fingerprint density at radius 2 is 1.85 bits per heavy atom. The van der Waals surface area contributed by atoms with E-state index in [-0.39, 0.29) is 17.7 Å². The molecule has 2 unspecified atom stereocenters. The van der Waals surface area contributed by atoms with Crippen LogP contribution >= 0.6 is 0 Å². The summed E-state index contributed by atoms with van der Waals surface area (Å²) >= 11 is 0. The molecule has 0 amide bonds. The van der Waals surface area contributed by atoms with Crippen LogP contribution in [0.15, 0.2) is 24.4 Å². The first-order chi connectivity index (χ1) is 12.8. The summed E-state index contributed by atoms with van der Waals surface area (Å²) in [5, 5.41) is 1.06. The van der Waals surface area contributed by atoms with Gasteiger partial charge in [0.1, 0.15) is 0 Å². The first-order valence-corrected chi connectivity index (χ1v) is 10.1. The molecule has 2 aliphatic carbocycles. The van der Waals surface area contributed by atoms with Crippen molar-refractivity contribution >= 4 is 16.9 Å². The number of morpholine rings is 1. The molecule has 6 nitrogen and oxygen atoms in total. The molecule has 1 aromatic carbocycles. The Labute approximate surface area is 160 Å². The zero-order valence-corrected chi connectivity index (χ0v) is 16.2. The molecule has 0 bridgehead atoms. The van der Waals surface area contributed by atoms with Gasteiger partial charge in [0.15, 0.2) is 0 Å². The molecular weight excluding hydrogens is 338 g/mol. The molecule has 0 radical (unpaired) electrons. The lowest BCUT2D eigenvalue weighted by atomic mass is 9.46. The maximum atomic E-state index is 6.72. The van der Waals surface area contributed by atoms with Crippen LogP contribution in [-0.2, 0) is 10.3 Å². The van der Waals surface area contributed by atoms with E-state index in [1.54, 1.807) is 0 Å². The fraction of sp³-hybridized carbons (Fsp3) is 0.619. The number of hydrogen-bond donors (Lipinski definition) is 2. The fourth-order valence-electron chi connectivity index (χ4n) is 5.66. The number of hydrogen-bond acceptors (Lipinski definition) is 6. The van der Waals surface area contributed by atoms with Crippen LogP contribution in [0.3, 0.4) is 0 Å². The second-order valence-electron chi connectivity index (χ2n) is 9.28. The third-order valence-corrected chi connectivity index (χ3v) is 6.62. The smallest absolute Gasteiger partial charge is 0.226 e. The average Bonchev–Trinajstić information content (AvgIpc) is 2.57. The highest BCUT2D eigenvalue weighted by Crippen LogP contribution is 2.62. The zero-order chi connectivity index (χ0) is 18.8. The van der Waals surface area contributed by atoms with Gasteiger partial charge in [-0.25, -0.2) is 9.97 Å². The standard InChI is InChI=1S/C21H29N5O/c1-13-9-26(10-14(2)27-13)19-24-8-15-5-16(3-4-18(15)25-19)21(23)11-20(12-21)6-17(22)7-20/h3-5,8,13-14,17H,6-7,9-12,22-23H2,1-2H3. The van der Waals surface area contributed by atoms with Crippen LogP contribution in [0.5, 0.6) is 0 Å². The van der Waals surface area contributed by atoms with E-state index >= 15 is 0 Å². The van der Waals surface area contributed by atoms with Gasteiger partial charge in [0.05, 0.1) is 17.7 Å². The lowest BCUT2D eigenvalue weighted by Crippen LogP contribution is -2.63. The molecule has 1 spiro atoms. The Morgan fingerprint density at radius 3 is 2.52 bits per heavy atom. The highest BCUT2D eigenvalue weighted by Gasteiger charge is 2.58. The van der Waals surface area contributed by atoms with Crippen molar-refractivity contribution in [3.63, 3.8) is 0 Å². The van der Waals surface area contributed by atoms with Crippen molar-refractivity contribution in [3.8, 4) is 0 Å². The highest BCUT2D eigenvalue weighted by atomic mass is 16.5. The quantitative estimate of drug-likeness (QED) is 0.846. The molecule has 27 heavy (non-hydrogen) atoms. The number of fused-ring (bicyclic) bond motifs is 1. The predicted octanol–water partition coefficient (Wildman–Crippen LogP) is 2.30. The molecule has 3 fully saturated rings. The highest BCUT2D eigenvalue weighted by molar-refractivity contribution is 5.80. The normalized spacial score (nSPS) is 38.7. The van der Waals surface area contributed by atoms with Gasteiger partial charge < -0.3 is 21.1 Å². The molecule has 2 saturated carbocycles. The molecule has 4 N–H and O–H groups in total. The maximum absolute atomic E-state index is 6.72. The monoisotopic (exact) mass is 367 g/mol.